The average Bonchev–Trinajstić information content (AvgIpc) is 3.08. The van der Waals surface area contributed by atoms with Crippen LogP contribution in [0.2, 0.25) is 0 Å². The SMILES string of the molecule is Cc1ncccc1OC1CCC(NC(=O)Cc2noc3ccccc23)CC1. The fourth-order valence-corrected chi connectivity index (χ4v) is 3.60. The largest absolute Gasteiger partial charge is 0.489 e. The van der Waals surface area contributed by atoms with Crippen molar-refractivity contribution < 1.29 is 14.1 Å². The predicted octanol–water partition coefficient (Wildman–Crippen LogP) is 3.58. The predicted molar refractivity (Wildman–Crippen MR) is 102 cm³/mol. The van der Waals surface area contributed by atoms with Crippen molar-refractivity contribution in [3.63, 3.8) is 0 Å². The van der Waals surface area contributed by atoms with Gasteiger partial charge in [-0.25, -0.2) is 0 Å². The summed E-state index contributed by atoms with van der Waals surface area (Å²) in [6, 6.07) is 11.6. The molecule has 6 nitrogen and oxygen atoms in total. The molecule has 6 heteroatoms. The van der Waals surface area contributed by atoms with Crippen molar-refractivity contribution in [2.24, 2.45) is 0 Å². The third-order valence-corrected chi connectivity index (χ3v) is 5.07. The van der Waals surface area contributed by atoms with Gasteiger partial charge in [-0.15, -0.1) is 0 Å². The lowest BCUT2D eigenvalue weighted by atomic mass is 9.92. The summed E-state index contributed by atoms with van der Waals surface area (Å²) in [5, 5.41) is 8.06. The molecule has 1 aromatic carbocycles. The molecule has 0 saturated heterocycles. The van der Waals surface area contributed by atoms with Crippen LogP contribution >= 0.6 is 0 Å². The van der Waals surface area contributed by atoms with Crippen LogP contribution in [0.25, 0.3) is 11.0 Å². The fraction of sp³-hybridized carbons (Fsp3) is 0.381. The molecule has 3 aromatic rings. The highest BCUT2D eigenvalue weighted by molar-refractivity contribution is 5.86. The Morgan fingerprint density at radius 2 is 2.00 bits per heavy atom. The molecule has 1 fully saturated rings. The number of fused-ring (bicyclic) bond motifs is 1. The molecule has 27 heavy (non-hydrogen) atoms. The zero-order chi connectivity index (χ0) is 18.6. The van der Waals surface area contributed by atoms with Crippen molar-refractivity contribution >= 4 is 16.9 Å². The number of hydrogen-bond donors (Lipinski definition) is 1. The van der Waals surface area contributed by atoms with Crippen molar-refractivity contribution in [2.45, 2.75) is 51.2 Å². The van der Waals surface area contributed by atoms with Crippen molar-refractivity contribution in [1.82, 2.24) is 15.5 Å². The molecular weight excluding hydrogens is 342 g/mol. The van der Waals surface area contributed by atoms with Gasteiger partial charge in [-0.1, -0.05) is 17.3 Å². The molecule has 2 aromatic heterocycles. The first kappa shape index (κ1) is 17.5. The van der Waals surface area contributed by atoms with E-state index < -0.39 is 0 Å². The van der Waals surface area contributed by atoms with E-state index in [0.29, 0.717) is 11.3 Å². The van der Waals surface area contributed by atoms with Crippen molar-refractivity contribution in [3.05, 3.63) is 54.0 Å². The average molecular weight is 365 g/mol. The summed E-state index contributed by atoms with van der Waals surface area (Å²) in [6.07, 6.45) is 5.86. The zero-order valence-corrected chi connectivity index (χ0v) is 15.4. The van der Waals surface area contributed by atoms with Crippen LogP contribution in [0.15, 0.2) is 47.1 Å². The first-order valence-corrected chi connectivity index (χ1v) is 9.40. The Balaban J connectivity index is 1.27. The van der Waals surface area contributed by atoms with Gasteiger partial charge in [0.1, 0.15) is 11.4 Å². The van der Waals surface area contributed by atoms with E-state index in [4.69, 9.17) is 9.26 Å². The number of carbonyl (C=O) groups is 1. The summed E-state index contributed by atoms with van der Waals surface area (Å²) in [5.74, 6) is 0.837. The smallest absolute Gasteiger partial charge is 0.226 e. The highest BCUT2D eigenvalue weighted by Crippen LogP contribution is 2.25. The van der Waals surface area contributed by atoms with Crippen LogP contribution in [0.1, 0.15) is 37.1 Å². The Bertz CT molecular complexity index is 929. The minimum Gasteiger partial charge on any atom is -0.489 e. The minimum absolute atomic E-state index is 0.0125. The number of para-hydroxylation sites is 1. The third kappa shape index (κ3) is 4.10. The highest BCUT2D eigenvalue weighted by atomic mass is 16.5. The Morgan fingerprint density at radius 1 is 1.19 bits per heavy atom. The highest BCUT2D eigenvalue weighted by Gasteiger charge is 2.24. The number of carbonyl (C=O) groups excluding carboxylic acids is 1. The molecule has 140 valence electrons. The van der Waals surface area contributed by atoms with Gasteiger partial charge < -0.3 is 14.6 Å². The number of aromatic nitrogens is 2. The van der Waals surface area contributed by atoms with Gasteiger partial charge >= 0.3 is 0 Å². The second-order valence-corrected chi connectivity index (χ2v) is 7.05. The Hall–Kier alpha value is -2.89. The van der Waals surface area contributed by atoms with E-state index >= 15 is 0 Å². The molecular formula is C21H23N3O3. The van der Waals surface area contributed by atoms with E-state index in [1.165, 1.54) is 0 Å². The van der Waals surface area contributed by atoms with Gasteiger partial charge in [-0.05, 0) is 56.9 Å². The van der Waals surface area contributed by atoms with Gasteiger partial charge in [0, 0.05) is 17.6 Å². The lowest BCUT2D eigenvalue weighted by Crippen LogP contribution is -2.40. The van der Waals surface area contributed by atoms with Crippen molar-refractivity contribution in [2.75, 3.05) is 0 Å². The second kappa shape index (κ2) is 7.78. The maximum atomic E-state index is 12.4. The fourth-order valence-electron chi connectivity index (χ4n) is 3.60. The molecule has 1 aliphatic carbocycles. The van der Waals surface area contributed by atoms with Crippen LogP contribution in [0, 0.1) is 6.92 Å². The summed E-state index contributed by atoms with van der Waals surface area (Å²) in [5.41, 5.74) is 2.31. The quantitative estimate of drug-likeness (QED) is 0.748. The van der Waals surface area contributed by atoms with Gasteiger partial charge in [-0.2, -0.15) is 0 Å². The maximum Gasteiger partial charge on any atom is 0.226 e. The summed E-state index contributed by atoms with van der Waals surface area (Å²) in [6.45, 7) is 1.95. The number of rotatable bonds is 5. The number of aryl methyl sites for hydroxylation is 1. The van der Waals surface area contributed by atoms with E-state index in [1.807, 2.05) is 43.3 Å². The number of nitrogens with one attached hydrogen (secondary N) is 1. The number of hydrogen-bond acceptors (Lipinski definition) is 5. The van der Waals surface area contributed by atoms with Crippen LogP contribution in [-0.2, 0) is 11.2 Å². The van der Waals surface area contributed by atoms with E-state index in [1.54, 1.807) is 6.20 Å². The molecule has 0 radical (unpaired) electrons. The maximum absolute atomic E-state index is 12.4. The molecule has 2 heterocycles. The summed E-state index contributed by atoms with van der Waals surface area (Å²) >= 11 is 0. The number of ether oxygens (including phenoxy) is 1. The Labute approximate surface area is 157 Å². The number of pyridine rings is 1. The van der Waals surface area contributed by atoms with Crippen LogP contribution < -0.4 is 10.1 Å². The normalized spacial score (nSPS) is 19.7. The van der Waals surface area contributed by atoms with Crippen LogP contribution in [-0.4, -0.2) is 28.2 Å². The molecule has 4 rings (SSSR count). The lowest BCUT2D eigenvalue weighted by Gasteiger charge is -2.29. The molecule has 0 aliphatic heterocycles. The van der Waals surface area contributed by atoms with Gasteiger partial charge in [0.15, 0.2) is 5.58 Å². The Morgan fingerprint density at radius 3 is 2.81 bits per heavy atom. The molecule has 1 N–H and O–H groups in total. The minimum atomic E-state index is -0.0125. The van der Waals surface area contributed by atoms with Crippen molar-refractivity contribution in [1.29, 1.82) is 0 Å². The molecule has 0 spiro atoms. The monoisotopic (exact) mass is 365 g/mol. The second-order valence-electron chi connectivity index (χ2n) is 7.05. The van der Waals surface area contributed by atoms with E-state index in [-0.39, 0.29) is 24.5 Å². The third-order valence-electron chi connectivity index (χ3n) is 5.07. The van der Waals surface area contributed by atoms with E-state index in [2.05, 4.69) is 15.5 Å². The summed E-state index contributed by atoms with van der Waals surface area (Å²) in [7, 11) is 0. The zero-order valence-electron chi connectivity index (χ0n) is 15.4. The number of benzene rings is 1. The molecule has 0 bridgehead atoms. The first-order chi connectivity index (χ1) is 13.2. The lowest BCUT2D eigenvalue weighted by molar-refractivity contribution is -0.121. The van der Waals surface area contributed by atoms with E-state index in [0.717, 1.165) is 42.5 Å². The molecule has 0 atom stereocenters. The van der Waals surface area contributed by atoms with E-state index in [9.17, 15) is 4.79 Å². The number of amides is 1. The van der Waals surface area contributed by atoms with Gasteiger partial charge in [0.05, 0.1) is 18.2 Å². The summed E-state index contributed by atoms with van der Waals surface area (Å²) < 4.78 is 11.3. The molecule has 0 unspecified atom stereocenters. The van der Waals surface area contributed by atoms with Crippen LogP contribution in [0.3, 0.4) is 0 Å². The van der Waals surface area contributed by atoms with Crippen LogP contribution in [0.5, 0.6) is 5.75 Å². The summed E-state index contributed by atoms with van der Waals surface area (Å²) in [4.78, 5) is 16.7. The molecule has 1 saturated carbocycles. The van der Waals surface area contributed by atoms with Crippen LogP contribution in [0.4, 0.5) is 0 Å². The topological polar surface area (TPSA) is 77.2 Å². The number of nitrogens with zero attached hydrogens (tertiary/aromatic N) is 2. The first-order valence-electron chi connectivity index (χ1n) is 9.40. The molecule has 1 amide bonds. The standard InChI is InChI=1S/C21H23N3O3/c1-14-19(7-4-12-22-14)26-16-10-8-15(9-11-16)23-21(25)13-18-17-5-2-3-6-20(17)27-24-18/h2-7,12,15-16H,8-11,13H2,1H3,(H,23,25). The Kier molecular flexibility index (Phi) is 5.05. The van der Waals surface area contributed by atoms with Gasteiger partial charge in [-0.3, -0.25) is 9.78 Å². The molecule has 1 aliphatic rings. The van der Waals surface area contributed by atoms with Gasteiger partial charge in [0.25, 0.3) is 0 Å². The van der Waals surface area contributed by atoms with Gasteiger partial charge in [0.2, 0.25) is 5.91 Å². The van der Waals surface area contributed by atoms with Crippen molar-refractivity contribution in [3.8, 4) is 5.75 Å².